The first kappa shape index (κ1) is 18.6. The van der Waals surface area contributed by atoms with Crippen LogP contribution in [0.25, 0.3) is 22.3 Å². The van der Waals surface area contributed by atoms with Crippen molar-refractivity contribution in [1.82, 2.24) is 4.79 Å². The van der Waals surface area contributed by atoms with Crippen LogP contribution in [0.1, 0.15) is 27.7 Å². The molecule has 0 atom stereocenters. The van der Waals surface area contributed by atoms with Gasteiger partial charge in [-0.05, 0) is 35.4 Å². The van der Waals surface area contributed by atoms with E-state index >= 15 is 0 Å². The van der Waals surface area contributed by atoms with Crippen LogP contribution in [-0.2, 0) is 7.05 Å². The number of fused-ring (bicyclic) bond motifs is 1. The Hall–Kier alpha value is -2.75. The van der Waals surface area contributed by atoms with Crippen molar-refractivity contribution in [1.29, 1.82) is 0 Å². The average molecular weight is 370 g/mol. The molecule has 3 aromatic rings. The number of aromatic nitrogens is 2. The standard InChI is InChI=1S/C24H29BN3/c1-18-21-14-10-11-15-22(21)23(24(2,3)4)25(5)28(18)27-17-20(16-26(27)6)19-12-8-7-9-13-19/h7-17H,1-6H3/q+1. The van der Waals surface area contributed by atoms with Gasteiger partial charge in [0, 0.05) is 10.8 Å². The molecule has 0 bridgehead atoms. The molecule has 0 aliphatic carbocycles. The second-order valence-corrected chi connectivity index (χ2v) is 8.79. The van der Waals surface area contributed by atoms with Gasteiger partial charge >= 0.3 is 6.85 Å². The van der Waals surface area contributed by atoms with Gasteiger partial charge in [-0.25, -0.2) is 4.92 Å². The molecule has 0 saturated carbocycles. The highest BCUT2D eigenvalue weighted by Gasteiger charge is 2.41. The minimum Gasteiger partial charge on any atom is -0.218 e. The summed E-state index contributed by atoms with van der Waals surface area (Å²) in [7, 11) is 2.11. The molecule has 2 aromatic carbocycles. The van der Waals surface area contributed by atoms with E-state index in [9.17, 15) is 0 Å². The molecule has 0 saturated heterocycles. The minimum absolute atomic E-state index is 0.0858. The predicted octanol–water partition coefficient (Wildman–Crippen LogP) is 3.12. The van der Waals surface area contributed by atoms with Crippen LogP contribution in [0.15, 0.2) is 67.0 Å². The van der Waals surface area contributed by atoms with E-state index in [-0.39, 0.29) is 12.3 Å². The maximum absolute atomic E-state index is 2.43. The van der Waals surface area contributed by atoms with Gasteiger partial charge in [-0.1, -0.05) is 80.2 Å². The van der Waals surface area contributed by atoms with Crippen LogP contribution >= 0.6 is 0 Å². The molecule has 0 fully saturated rings. The molecule has 0 N–H and O–H groups in total. The highest BCUT2D eigenvalue weighted by Crippen LogP contribution is 2.31. The number of benzene rings is 2. The third kappa shape index (κ3) is 2.97. The monoisotopic (exact) mass is 370 g/mol. The van der Waals surface area contributed by atoms with Crippen molar-refractivity contribution in [3.63, 3.8) is 0 Å². The third-order valence-electron chi connectivity index (χ3n) is 5.77. The zero-order valence-corrected chi connectivity index (χ0v) is 17.8. The largest absolute Gasteiger partial charge is 0.429 e. The maximum atomic E-state index is 2.43. The summed E-state index contributed by atoms with van der Waals surface area (Å²) in [6, 6.07) is 19.4. The Balaban J connectivity index is 1.94. The second kappa shape index (κ2) is 6.70. The summed E-state index contributed by atoms with van der Waals surface area (Å²) >= 11 is 0. The van der Waals surface area contributed by atoms with Crippen molar-refractivity contribution in [3.05, 3.63) is 77.4 Å². The van der Waals surface area contributed by atoms with Crippen LogP contribution in [0.5, 0.6) is 0 Å². The molecule has 2 heterocycles. The Morgan fingerprint density at radius 1 is 0.857 bits per heavy atom. The van der Waals surface area contributed by atoms with Crippen LogP contribution in [0.4, 0.5) is 0 Å². The number of aryl methyl sites for hydroxylation is 1. The Kier molecular flexibility index (Phi) is 4.45. The van der Waals surface area contributed by atoms with Crippen LogP contribution in [-0.4, -0.2) is 11.6 Å². The molecule has 0 amide bonds. The summed E-state index contributed by atoms with van der Waals surface area (Å²) in [5.41, 5.74) is 5.30. The molecule has 3 nitrogen and oxygen atoms in total. The van der Waals surface area contributed by atoms with Gasteiger partial charge < -0.3 is 0 Å². The fourth-order valence-corrected chi connectivity index (χ4v) is 4.66. The van der Waals surface area contributed by atoms with Crippen molar-refractivity contribution < 1.29 is 4.68 Å². The summed E-state index contributed by atoms with van der Waals surface area (Å²) in [5, 5.41) is 2.70. The Morgan fingerprint density at radius 3 is 2.11 bits per heavy atom. The van der Waals surface area contributed by atoms with E-state index in [1.54, 1.807) is 0 Å². The van der Waals surface area contributed by atoms with Crippen molar-refractivity contribution >= 4 is 18.0 Å². The van der Waals surface area contributed by atoms with Gasteiger partial charge in [-0.2, -0.15) is 4.68 Å². The van der Waals surface area contributed by atoms with Crippen molar-refractivity contribution in [2.24, 2.45) is 12.5 Å². The topological polar surface area (TPSA) is 12.1 Å². The van der Waals surface area contributed by atoms with Crippen LogP contribution < -0.4 is 20.0 Å². The fraction of sp³-hybridized carbons (Fsp3) is 0.292. The zero-order valence-electron chi connectivity index (χ0n) is 17.8. The van der Waals surface area contributed by atoms with E-state index in [2.05, 4.69) is 123 Å². The van der Waals surface area contributed by atoms with Crippen molar-refractivity contribution in [2.75, 3.05) is 4.92 Å². The Bertz CT molecular complexity index is 1140. The smallest absolute Gasteiger partial charge is 0.218 e. The lowest BCUT2D eigenvalue weighted by atomic mass is 9.48. The first-order valence-corrected chi connectivity index (χ1v) is 10.0. The van der Waals surface area contributed by atoms with Crippen LogP contribution in [0, 0.1) is 5.41 Å². The average Bonchev–Trinajstić information content (AvgIpc) is 3.03. The molecule has 0 spiro atoms. The summed E-state index contributed by atoms with van der Waals surface area (Å²) in [4.78, 5) is 4.68. The minimum atomic E-state index is 0.0858. The summed E-state index contributed by atoms with van der Waals surface area (Å²) in [6.07, 6.45) is 4.44. The highest BCUT2D eigenvalue weighted by atomic mass is 15.7. The van der Waals surface area contributed by atoms with Crippen LogP contribution in [0.3, 0.4) is 0 Å². The van der Waals surface area contributed by atoms with E-state index in [4.69, 9.17) is 0 Å². The van der Waals surface area contributed by atoms with Crippen LogP contribution in [0.2, 0.25) is 6.82 Å². The molecule has 142 valence electrons. The van der Waals surface area contributed by atoms with Gasteiger partial charge in [0.2, 0.25) is 0 Å². The lowest BCUT2D eigenvalue weighted by molar-refractivity contribution is -0.750. The van der Waals surface area contributed by atoms with E-state index in [1.807, 2.05) is 0 Å². The molecular formula is C24H29BN3+. The van der Waals surface area contributed by atoms with Crippen molar-refractivity contribution in [2.45, 2.75) is 34.5 Å². The molecule has 1 aliphatic heterocycles. The lowest BCUT2D eigenvalue weighted by Crippen LogP contribution is -2.61. The summed E-state index contributed by atoms with van der Waals surface area (Å²) in [6.45, 7) is 11.8. The van der Waals surface area contributed by atoms with E-state index in [0.717, 1.165) is 0 Å². The SMILES string of the molecule is CB1C(C(C)(C)C)=c2ccccc2=C(C)N1n1cc(-c2ccccc2)c[n+]1C. The summed E-state index contributed by atoms with van der Waals surface area (Å²) < 4.78 is 2.18. The highest BCUT2D eigenvalue weighted by molar-refractivity contribution is 6.80. The third-order valence-corrected chi connectivity index (χ3v) is 5.77. The van der Waals surface area contributed by atoms with Gasteiger partial charge in [0.1, 0.15) is 18.9 Å². The first-order chi connectivity index (χ1) is 13.3. The zero-order chi connectivity index (χ0) is 20.1. The van der Waals surface area contributed by atoms with Gasteiger partial charge in [-0.3, -0.25) is 0 Å². The van der Waals surface area contributed by atoms with E-state index < -0.39 is 0 Å². The van der Waals surface area contributed by atoms with E-state index in [1.165, 1.54) is 32.7 Å². The molecule has 4 rings (SSSR count). The number of hydrogen-bond donors (Lipinski definition) is 0. The summed E-state index contributed by atoms with van der Waals surface area (Å²) in [5.74, 6) is 0. The quantitative estimate of drug-likeness (QED) is 0.499. The predicted molar refractivity (Wildman–Crippen MR) is 119 cm³/mol. The Labute approximate surface area is 168 Å². The molecule has 1 aliphatic rings. The molecular weight excluding hydrogens is 341 g/mol. The van der Waals surface area contributed by atoms with E-state index in [0.29, 0.717) is 0 Å². The van der Waals surface area contributed by atoms with Gasteiger partial charge in [-0.15, -0.1) is 0 Å². The number of rotatable bonds is 2. The second-order valence-electron chi connectivity index (χ2n) is 8.79. The van der Waals surface area contributed by atoms with Gasteiger partial charge in [0.25, 0.3) is 0 Å². The molecule has 28 heavy (non-hydrogen) atoms. The molecule has 4 heteroatoms. The fourth-order valence-electron chi connectivity index (χ4n) is 4.66. The number of nitrogens with zero attached hydrogens (tertiary/aromatic N) is 3. The molecule has 0 radical (unpaired) electrons. The lowest BCUT2D eigenvalue weighted by Gasteiger charge is -2.34. The normalized spacial score (nSPS) is 14.5. The first-order valence-electron chi connectivity index (χ1n) is 10.0. The maximum Gasteiger partial charge on any atom is 0.429 e. The molecule has 1 aromatic heterocycles. The van der Waals surface area contributed by atoms with Crippen molar-refractivity contribution in [3.8, 4) is 11.1 Å². The molecule has 0 unspecified atom stereocenters. The Morgan fingerprint density at radius 2 is 1.46 bits per heavy atom. The number of hydrogen-bond acceptors (Lipinski definition) is 1. The van der Waals surface area contributed by atoms with Gasteiger partial charge in [0.15, 0.2) is 0 Å². The van der Waals surface area contributed by atoms with Gasteiger partial charge in [0.05, 0.1) is 6.20 Å².